The zero-order chi connectivity index (χ0) is 27.1. The van der Waals surface area contributed by atoms with Gasteiger partial charge in [-0.25, -0.2) is 21.9 Å². The van der Waals surface area contributed by atoms with E-state index >= 15 is 4.39 Å². The third kappa shape index (κ3) is 5.25. The Morgan fingerprint density at radius 3 is 2.37 bits per heavy atom. The molecule has 0 aliphatic carbocycles. The van der Waals surface area contributed by atoms with Crippen molar-refractivity contribution in [3.8, 4) is 11.5 Å². The minimum absolute atomic E-state index is 0.0631. The van der Waals surface area contributed by atoms with Crippen LogP contribution in [0.2, 0.25) is 0 Å². The number of rotatable bonds is 6. The average molecular weight is 550 g/mol. The second-order valence-corrected chi connectivity index (χ2v) is 11.8. The normalized spacial score (nSPS) is 17.6. The van der Waals surface area contributed by atoms with Gasteiger partial charge >= 0.3 is 12.5 Å². The Kier molecular flexibility index (Phi) is 6.90. The van der Waals surface area contributed by atoms with Crippen molar-refractivity contribution in [3.63, 3.8) is 0 Å². The lowest BCUT2D eigenvalue weighted by molar-refractivity contribution is -0.00504. The van der Waals surface area contributed by atoms with Crippen LogP contribution in [0.4, 0.5) is 23.7 Å². The highest BCUT2D eigenvalue weighted by atomic mass is 32.2. The number of alkyl halides is 2. The first-order chi connectivity index (χ1) is 18.0. The van der Waals surface area contributed by atoms with Crippen LogP contribution in [0.3, 0.4) is 0 Å². The maximum Gasteiger partial charge on any atom is 0.324 e. The van der Waals surface area contributed by atoms with Crippen LogP contribution in [0.5, 0.6) is 0 Å². The van der Waals surface area contributed by atoms with Gasteiger partial charge in [0.1, 0.15) is 5.82 Å². The minimum Gasteiger partial charge on any atom is -0.415 e. The molecule has 3 aromatic rings. The second-order valence-electron chi connectivity index (χ2n) is 9.77. The highest BCUT2D eigenvalue weighted by Crippen LogP contribution is 2.42. The molecule has 202 valence electrons. The van der Waals surface area contributed by atoms with Crippen LogP contribution in [0, 0.1) is 11.2 Å². The van der Waals surface area contributed by atoms with Gasteiger partial charge in [-0.05, 0) is 37.1 Å². The number of anilines is 1. The summed E-state index contributed by atoms with van der Waals surface area (Å²) in [4.78, 5) is 16.7. The highest BCUT2D eigenvalue weighted by Gasteiger charge is 2.48. The number of amides is 2. The van der Waals surface area contributed by atoms with Crippen molar-refractivity contribution in [3.05, 3.63) is 65.8 Å². The van der Waals surface area contributed by atoms with E-state index in [0.29, 0.717) is 44.7 Å². The van der Waals surface area contributed by atoms with Crippen molar-refractivity contribution < 1.29 is 30.8 Å². The van der Waals surface area contributed by atoms with Crippen LogP contribution in [0.1, 0.15) is 30.7 Å². The molecule has 0 bridgehead atoms. The molecule has 1 aromatic heterocycles. The van der Waals surface area contributed by atoms with Gasteiger partial charge in [0, 0.05) is 48.4 Å². The van der Waals surface area contributed by atoms with Crippen molar-refractivity contribution in [2.75, 3.05) is 37.3 Å². The molecule has 0 atom stereocenters. The summed E-state index contributed by atoms with van der Waals surface area (Å²) in [5.74, 6) is -1.73. The van der Waals surface area contributed by atoms with E-state index in [1.54, 1.807) is 29.2 Å². The van der Waals surface area contributed by atoms with Crippen LogP contribution >= 0.6 is 0 Å². The maximum absolute atomic E-state index is 15.1. The molecule has 2 aliphatic heterocycles. The molecule has 3 heterocycles. The average Bonchev–Trinajstić information content (AvgIpc) is 3.37. The lowest BCUT2D eigenvalue weighted by Gasteiger charge is -2.54. The molecule has 2 amide bonds. The first-order valence-electron chi connectivity index (χ1n) is 12.0. The fourth-order valence-electron chi connectivity index (χ4n) is 4.97. The van der Waals surface area contributed by atoms with E-state index in [1.165, 1.54) is 27.6 Å². The molecule has 5 rings (SSSR count). The van der Waals surface area contributed by atoms with Gasteiger partial charge in [0.25, 0.3) is 5.89 Å². The minimum atomic E-state index is -3.24. The largest absolute Gasteiger partial charge is 0.415 e. The summed E-state index contributed by atoms with van der Waals surface area (Å²) in [6.45, 7) is 1.79. The smallest absolute Gasteiger partial charge is 0.324 e. The quantitative estimate of drug-likeness (QED) is 0.455. The van der Waals surface area contributed by atoms with Crippen molar-refractivity contribution in [1.29, 1.82) is 0 Å². The predicted octanol–water partition coefficient (Wildman–Crippen LogP) is 4.30. The number of nitrogens with zero attached hydrogens (tertiary/aromatic N) is 5. The number of benzene rings is 2. The monoisotopic (exact) mass is 549 g/mol. The first-order valence-corrected chi connectivity index (χ1v) is 13.9. The standard InChI is InChI=1S/C25H26F3N5O4S/c1-38(35,36)32-11-9-25(10-12-32)15-31(16-25)24(34)33(19-5-3-2-4-6-19)14-18-8-7-17(13-20(18)26)22-29-30-23(37-22)21(27)28/h2-8,13,21H,9-12,14-16H2,1H3. The van der Waals surface area contributed by atoms with E-state index in [-0.39, 0.29) is 35.0 Å². The van der Waals surface area contributed by atoms with E-state index in [9.17, 15) is 22.0 Å². The van der Waals surface area contributed by atoms with E-state index in [4.69, 9.17) is 4.42 Å². The molecule has 2 aromatic carbocycles. The topological polar surface area (TPSA) is 99.9 Å². The summed E-state index contributed by atoms with van der Waals surface area (Å²) in [6, 6.07) is 12.7. The number of halogens is 3. The summed E-state index contributed by atoms with van der Waals surface area (Å²) in [5, 5.41) is 6.81. The number of likely N-dealkylation sites (tertiary alicyclic amines) is 1. The molecule has 38 heavy (non-hydrogen) atoms. The van der Waals surface area contributed by atoms with Crippen LogP contribution < -0.4 is 4.90 Å². The fourth-order valence-corrected chi connectivity index (χ4v) is 5.82. The van der Waals surface area contributed by atoms with Gasteiger partial charge in [-0.1, -0.05) is 24.3 Å². The molecule has 1 spiro atoms. The number of aromatic nitrogens is 2. The van der Waals surface area contributed by atoms with E-state index in [2.05, 4.69) is 10.2 Å². The lowest BCUT2D eigenvalue weighted by Crippen LogP contribution is -2.64. The molecule has 0 saturated carbocycles. The summed E-state index contributed by atoms with van der Waals surface area (Å²) in [5.41, 5.74) is 0.838. The fraction of sp³-hybridized carbons (Fsp3) is 0.400. The Labute approximate surface area is 217 Å². The van der Waals surface area contributed by atoms with Crippen molar-refractivity contribution in [1.82, 2.24) is 19.4 Å². The maximum atomic E-state index is 15.1. The van der Waals surface area contributed by atoms with Crippen LogP contribution in [-0.2, 0) is 16.6 Å². The van der Waals surface area contributed by atoms with E-state index < -0.39 is 28.2 Å². The third-order valence-corrected chi connectivity index (χ3v) is 8.43. The van der Waals surface area contributed by atoms with Gasteiger partial charge in [0.05, 0.1) is 12.8 Å². The Hall–Kier alpha value is -3.45. The van der Waals surface area contributed by atoms with Gasteiger partial charge in [-0.2, -0.15) is 8.78 Å². The SMILES string of the molecule is CS(=O)(=O)N1CCC2(CC1)CN(C(=O)N(Cc1ccc(-c3nnc(C(F)F)o3)cc1F)c1ccccc1)C2. The highest BCUT2D eigenvalue weighted by molar-refractivity contribution is 7.88. The number of carbonyl (C=O) groups excluding carboxylic acids is 1. The molecule has 2 fully saturated rings. The summed E-state index contributed by atoms with van der Waals surface area (Å²) in [6.07, 6.45) is -0.380. The van der Waals surface area contributed by atoms with Crippen molar-refractivity contribution >= 4 is 21.7 Å². The number of carbonyl (C=O) groups is 1. The van der Waals surface area contributed by atoms with Crippen LogP contribution in [-0.4, -0.2) is 66.3 Å². The molecular weight excluding hydrogens is 523 g/mol. The molecule has 2 saturated heterocycles. The third-order valence-electron chi connectivity index (χ3n) is 7.13. The van der Waals surface area contributed by atoms with Crippen molar-refractivity contribution in [2.45, 2.75) is 25.8 Å². The van der Waals surface area contributed by atoms with Gasteiger partial charge < -0.3 is 9.32 Å². The second kappa shape index (κ2) is 10.0. The van der Waals surface area contributed by atoms with Crippen LogP contribution in [0.25, 0.3) is 11.5 Å². The van der Waals surface area contributed by atoms with E-state index in [0.717, 1.165) is 6.07 Å². The first kappa shape index (κ1) is 26.2. The molecule has 13 heteroatoms. The zero-order valence-corrected chi connectivity index (χ0v) is 21.4. The molecule has 0 N–H and O–H groups in total. The van der Waals surface area contributed by atoms with Crippen molar-refractivity contribution in [2.24, 2.45) is 5.41 Å². The van der Waals surface area contributed by atoms with Gasteiger partial charge in [-0.3, -0.25) is 4.90 Å². The molecule has 0 unspecified atom stereocenters. The number of hydrogen-bond donors (Lipinski definition) is 0. The number of piperidine rings is 1. The molecule has 2 aliphatic rings. The number of sulfonamides is 1. The molecule has 9 nitrogen and oxygen atoms in total. The Morgan fingerprint density at radius 1 is 1.11 bits per heavy atom. The lowest BCUT2D eigenvalue weighted by atomic mass is 9.72. The summed E-state index contributed by atoms with van der Waals surface area (Å²) < 4.78 is 70.7. The molecular formula is C25H26F3N5O4S. The zero-order valence-electron chi connectivity index (χ0n) is 20.6. The summed E-state index contributed by atoms with van der Waals surface area (Å²) in [7, 11) is -3.24. The number of hydrogen-bond acceptors (Lipinski definition) is 6. The van der Waals surface area contributed by atoms with Gasteiger partial charge in [-0.15, -0.1) is 10.2 Å². The van der Waals surface area contributed by atoms with Gasteiger partial charge in [0.2, 0.25) is 15.9 Å². The Bertz CT molecular complexity index is 1420. The molecule has 0 radical (unpaired) electrons. The Morgan fingerprint density at radius 2 is 1.79 bits per heavy atom. The predicted molar refractivity (Wildman–Crippen MR) is 132 cm³/mol. The Balaban J connectivity index is 1.31. The van der Waals surface area contributed by atoms with Gasteiger partial charge in [0.15, 0.2) is 0 Å². The van der Waals surface area contributed by atoms with Crippen LogP contribution in [0.15, 0.2) is 52.9 Å². The van der Waals surface area contributed by atoms with E-state index in [1.807, 2.05) is 6.07 Å². The number of para-hydroxylation sites is 1. The summed E-state index contributed by atoms with van der Waals surface area (Å²) >= 11 is 0. The number of urea groups is 1.